The number of hydrogen-bond donors (Lipinski definition) is 2. The van der Waals surface area contributed by atoms with Crippen LogP contribution in [0.5, 0.6) is 0 Å². The minimum Gasteiger partial charge on any atom is -0.330 e. The summed E-state index contributed by atoms with van der Waals surface area (Å²) in [4.78, 5) is 0. The second-order valence-corrected chi connectivity index (χ2v) is 4.46. The van der Waals surface area contributed by atoms with Crippen LogP contribution in [0.1, 0.15) is 24.8 Å². The predicted molar refractivity (Wildman–Crippen MR) is 66.1 cm³/mol. The molecule has 15 heavy (non-hydrogen) atoms. The van der Waals surface area contributed by atoms with Gasteiger partial charge in [0.05, 0.1) is 0 Å². The average Bonchev–Trinajstić information content (AvgIpc) is 2.26. The molecule has 4 N–H and O–H groups in total. The van der Waals surface area contributed by atoms with E-state index in [9.17, 15) is 0 Å². The summed E-state index contributed by atoms with van der Waals surface area (Å²) < 4.78 is 0. The van der Waals surface area contributed by atoms with E-state index in [-0.39, 0.29) is 0 Å². The molecule has 0 aliphatic rings. The third-order valence-corrected chi connectivity index (χ3v) is 3.04. The van der Waals surface area contributed by atoms with Crippen molar-refractivity contribution < 1.29 is 0 Å². The number of halogens is 1. The standard InChI is InChI=1S/C12H19ClN2/c1-9(6-10(7-14)8-15)11-2-4-12(13)5-3-11/h2-5,9-10H,6-8,14-15H2,1H3. The number of hydrogen-bond acceptors (Lipinski definition) is 2. The Labute approximate surface area is 96.6 Å². The van der Waals surface area contributed by atoms with E-state index in [1.54, 1.807) is 0 Å². The Balaban J connectivity index is 2.60. The summed E-state index contributed by atoms with van der Waals surface area (Å²) in [6, 6.07) is 7.98. The zero-order valence-electron chi connectivity index (χ0n) is 9.12. The van der Waals surface area contributed by atoms with Crippen LogP contribution in [0.25, 0.3) is 0 Å². The summed E-state index contributed by atoms with van der Waals surface area (Å²) in [6.07, 6.45) is 1.04. The van der Waals surface area contributed by atoms with Crippen molar-refractivity contribution in [2.24, 2.45) is 17.4 Å². The normalized spacial score (nSPS) is 13.1. The van der Waals surface area contributed by atoms with Crippen molar-refractivity contribution in [2.45, 2.75) is 19.3 Å². The van der Waals surface area contributed by atoms with E-state index >= 15 is 0 Å². The van der Waals surface area contributed by atoms with Gasteiger partial charge in [-0.3, -0.25) is 0 Å². The lowest BCUT2D eigenvalue weighted by Gasteiger charge is -2.18. The highest BCUT2D eigenvalue weighted by Gasteiger charge is 2.11. The molecule has 0 amide bonds. The van der Waals surface area contributed by atoms with Gasteiger partial charge < -0.3 is 11.5 Å². The lowest BCUT2D eigenvalue weighted by Crippen LogP contribution is -2.24. The van der Waals surface area contributed by atoms with Crippen molar-refractivity contribution >= 4 is 11.6 Å². The third-order valence-electron chi connectivity index (χ3n) is 2.79. The van der Waals surface area contributed by atoms with Crippen molar-refractivity contribution in [1.82, 2.24) is 0 Å². The van der Waals surface area contributed by atoms with Crippen LogP contribution in [0.4, 0.5) is 0 Å². The van der Waals surface area contributed by atoms with Crippen LogP contribution in [0.3, 0.4) is 0 Å². The molecule has 0 aliphatic heterocycles. The van der Waals surface area contributed by atoms with Crippen LogP contribution in [0, 0.1) is 5.92 Å². The second-order valence-electron chi connectivity index (χ2n) is 4.03. The maximum Gasteiger partial charge on any atom is 0.0406 e. The lowest BCUT2D eigenvalue weighted by atomic mass is 9.90. The van der Waals surface area contributed by atoms with Crippen LogP contribution in [0.2, 0.25) is 5.02 Å². The van der Waals surface area contributed by atoms with Crippen molar-refractivity contribution in [3.63, 3.8) is 0 Å². The van der Waals surface area contributed by atoms with Crippen molar-refractivity contribution in [2.75, 3.05) is 13.1 Å². The summed E-state index contributed by atoms with van der Waals surface area (Å²) >= 11 is 5.84. The maximum absolute atomic E-state index is 5.84. The molecule has 1 unspecified atom stereocenters. The summed E-state index contributed by atoms with van der Waals surface area (Å²) in [7, 11) is 0. The van der Waals surface area contributed by atoms with Gasteiger partial charge in [-0.15, -0.1) is 0 Å². The average molecular weight is 227 g/mol. The summed E-state index contributed by atoms with van der Waals surface area (Å²) in [6.45, 7) is 3.52. The van der Waals surface area contributed by atoms with Gasteiger partial charge in [-0.1, -0.05) is 30.7 Å². The van der Waals surface area contributed by atoms with Gasteiger partial charge >= 0.3 is 0 Å². The molecule has 1 aromatic carbocycles. The lowest BCUT2D eigenvalue weighted by molar-refractivity contribution is 0.465. The molecule has 3 heteroatoms. The first kappa shape index (κ1) is 12.5. The van der Waals surface area contributed by atoms with Gasteiger partial charge in [0.2, 0.25) is 0 Å². The molecule has 0 fully saturated rings. The molecule has 2 nitrogen and oxygen atoms in total. The molecule has 84 valence electrons. The van der Waals surface area contributed by atoms with Gasteiger partial charge in [0.15, 0.2) is 0 Å². The van der Waals surface area contributed by atoms with E-state index in [2.05, 4.69) is 19.1 Å². The van der Waals surface area contributed by atoms with E-state index in [4.69, 9.17) is 23.1 Å². The first-order valence-corrected chi connectivity index (χ1v) is 5.70. The minimum absolute atomic E-state index is 0.413. The number of benzene rings is 1. The number of rotatable bonds is 5. The Morgan fingerprint density at radius 3 is 2.13 bits per heavy atom. The van der Waals surface area contributed by atoms with Gasteiger partial charge in [0.25, 0.3) is 0 Å². The molecule has 0 aliphatic carbocycles. The molecule has 1 aromatic rings. The predicted octanol–water partition coefficient (Wildman–Crippen LogP) is 2.37. The maximum atomic E-state index is 5.84. The van der Waals surface area contributed by atoms with Gasteiger partial charge in [-0.25, -0.2) is 0 Å². The fourth-order valence-electron chi connectivity index (χ4n) is 1.72. The Kier molecular flexibility index (Phi) is 5.09. The second kappa shape index (κ2) is 6.11. The van der Waals surface area contributed by atoms with Crippen LogP contribution >= 0.6 is 11.6 Å². The summed E-state index contributed by atoms with van der Waals surface area (Å²) in [5, 5.41) is 0.778. The van der Waals surface area contributed by atoms with E-state index in [0.29, 0.717) is 24.9 Å². The molecule has 0 bridgehead atoms. The van der Waals surface area contributed by atoms with E-state index in [0.717, 1.165) is 11.4 Å². The smallest absolute Gasteiger partial charge is 0.0406 e. The largest absolute Gasteiger partial charge is 0.330 e. The fraction of sp³-hybridized carbons (Fsp3) is 0.500. The van der Waals surface area contributed by atoms with E-state index in [1.165, 1.54) is 5.56 Å². The Morgan fingerprint density at radius 1 is 1.13 bits per heavy atom. The third kappa shape index (κ3) is 3.82. The van der Waals surface area contributed by atoms with Gasteiger partial charge in [0, 0.05) is 5.02 Å². The first-order valence-electron chi connectivity index (χ1n) is 5.33. The molecule has 0 heterocycles. The zero-order chi connectivity index (χ0) is 11.3. The fourth-order valence-corrected chi connectivity index (χ4v) is 1.84. The van der Waals surface area contributed by atoms with Gasteiger partial charge in [0.1, 0.15) is 0 Å². The minimum atomic E-state index is 0.413. The van der Waals surface area contributed by atoms with Gasteiger partial charge in [-0.05, 0) is 49.0 Å². The Bertz CT molecular complexity index is 280. The molecular formula is C12H19ClN2. The summed E-state index contributed by atoms with van der Waals surface area (Å²) in [5.74, 6) is 0.898. The molecule has 0 spiro atoms. The Morgan fingerprint density at radius 2 is 1.67 bits per heavy atom. The van der Waals surface area contributed by atoms with Crippen LogP contribution < -0.4 is 11.5 Å². The van der Waals surface area contributed by atoms with E-state index in [1.807, 2.05) is 12.1 Å². The Hall–Kier alpha value is -0.570. The molecule has 1 atom stereocenters. The van der Waals surface area contributed by atoms with Crippen LogP contribution in [-0.4, -0.2) is 13.1 Å². The topological polar surface area (TPSA) is 52.0 Å². The molecule has 0 saturated heterocycles. The SMILES string of the molecule is CC(CC(CN)CN)c1ccc(Cl)cc1. The van der Waals surface area contributed by atoms with Crippen molar-refractivity contribution in [3.8, 4) is 0 Å². The quantitative estimate of drug-likeness (QED) is 0.810. The molecular weight excluding hydrogens is 208 g/mol. The molecule has 0 aromatic heterocycles. The monoisotopic (exact) mass is 226 g/mol. The molecule has 0 saturated carbocycles. The summed E-state index contributed by atoms with van der Waals surface area (Å²) in [5.41, 5.74) is 12.6. The van der Waals surface area contributed by atoms with Crippen LogP contribution in [-0.2, 0) is 0 Å². The zero-order valence-corrected chi connectivity index (χ0v) is 9.87. The highest BCUT2D eigenvalue weighted by Crippen LogP contribution is 2.23. The van der Waals surface area contributed by atoms with Crippen LogP contribution in [0.15, 0.2) is 24.3 Å². The molecule has 1 rings (SSSR count). The highest BCUT2D eigenvalue weighted by molar-refractivity contribution is 6.30. The van der Waals surface area contributed by atoms with Crippen molar-refractivity contribution in [3.05, 3.63) is 34.9 Å². The van der Waals surface area contributed by atoms with Crippen molar-refractivity contribution in [1.29, 1.82) is 0 Å². The highest BCUT2D eigenvalue weighted by atomic mass is 35.5. The van der Waals surface area contributed by atoms with Gasteiger partial charge in [-0.2, -0.15) is 0 Å². The van der Waals surface area contributed by atoms with E-state index < -0.39 is 0 Å². The number of nitrogens with two attached hydrogens (primary N) is 2. The first-order chi connectivity index (χ1) is 7.17. The molecule has 0 radical (unpaired) electrons.